The van der Waals surface area contributed by atoms with Gasteiger partial charge < -0.3 is 0 Å². The minimum atomic E-state index is 0.0747. The van der Waals surface area contributed by atoms with E-state index in [1.807, 2.05) is 6.92 Å². The molecule has 0 aliphatic heterocycles. The highest BCUT2D eigenvalue weighted by Gasteiger charge is 2.08. The lowest BCUT2D eigenvalue weighted by molar-refractivity contribution is 0.497. The Morgan fingerprint density at radius 1 is 1.17 bits per heavy atom. The van der Waals surface area contributed by atoms with Gasteiger partial charge in [0.25, 0.3) is 0 Å². The van der Waals surface area contributed by atoms with Gasteiger partial charge >= 0.3 is 0 Å². The maximum Gasteiger partial charge on any atom is 0.0655 e. The largest absolute Gasteiger partial charge is 0.198 e. The van der Waals surface area contributed by atoms with E-state index in [-0.39, 0.29) is 11.8 Å². The number of nitriles is 2. The van der Waals surface area contributed by atoms with Crippen molar-refractivity contribution >= 4 is 0 Å². The smallest absolute Gasteiger partial charge is 0.0655 e. The van der Waals surface area contributed by atoms with Gasteiger partial charge in [-0.15, -0.1) is 0 Å². The van der Waals surface area contributed by atoms with Crippen LogP contribution in [0.1, 0.15) is 32.6 Å². The number of hydrogen-bond acceptors (Lipinski definition) is 2. The molecule has 2 unspecified atom stereocenters. The van der Waals surface area contributed by atoms with Crippen molar-refractivity contribution in [3.8, 4) is 12.1 Å². The molecule has 2 nitrogen and oxygen atoms in total. The first-order chi connectivity index (χ1) is 5.74. The maximum atomic E-state index is 8.68. The van der Waals surface area contributed by atoms with Gasteiger partial charge in [0.1, 0.15) is 0 Å². The summed E-state index contributed by atoms with van der Waals surface area (Å²) in [6, 6.07) is 4.39. The summed E-state index contributed by atoms with van der Waals surface area (Å²) in [7, 11) is 0. The fraction of sp³-hybridized carbons (Fsp3) is 0.700. The zero-order valence-corrected chi connectivity index (χ0v) is 7.58. The van der Waals surface area contributed by atoms with E-state index in [1.165, 1.54) is 0 Å². The molecule has 0 saturated heterocycles. The Bertz CT molecular complexity index is 185. The highest BCUT2D eigenvalue weighted by atomic mass is 14.3. The predicted molar refractivity (Wildman–Crippen MR) is 47.7 cm³/mol. The van der Waals surface area contributed by atoms with Crippen LogP contribution in [0.4, 0.5) is 0 Å². The third kappa shape index (κ3) is 4.74. The molecule has 0 N–H and O–H groups in total. The van der Waals surface area contributed by atoms with Gasteiger partial charge in [-0.3, -0.25) is 0 Å². The Morgan fingerprint density at radius 2 is 1.83 bits per heavy atom. The summed E-state index contributed by atoms with van der Waals surface area (Å²) in [5.41, 5.74) is 0. The molecule has 0 rings (SSSR count). The summed E-state index contributed by atoms with van der Waals surface area (Å²) < 4.78 is 0. The molecule has 0 fully saturated rings. The normalized spacial score (nSPS) is 14.3. The Labute approximate surface area is 74.8 Å². The van der Waals surface area contributed by atoms with Crippen molar-refractivity contribution in [1.82, 2.24) is 0 Å². The zero-order valence-electron chi connectivity index (χ0n) is 7.58. The summed E-state index contributed by atoms with van der Waals surface area (Å²) in [5, 5.41) is 17.2. The number of hydrogen-bond donors (Lipinski definition) is 0. The highest BCUT2D eigenvalue weighted by molar-refractivity contribution is 4.86. The van der Waals surface area contributed by atoms with Crippen molar-refractivity contribution in [3.63, 3.8) is 0 Å². The number of rotatable bonds is 5. The first-order valence-corrected chi connectivity index (χ1v) is 4.33. The van der Waals surface area contributed by atoms with Crippen LogP contribution >= 0.6 is 0 Å². The molecule has 12 heavy (non-hydrogen) atoms. The van der Waals surface area contributed by atoms with Gasteiger partial charge in [-0.25, -0.2) is 0 Å². The Hall–Kier alpha value is -1.02. The maximum absolute atomic E-state index is 8.68. The third-order valence-corrected chi connectivity index (χ3v) is 1.90. The van der Waals surface area contributed by atoms with Crippen molar-refractivity contribution in [1.29, 1.82) is 10.5 Å². The van der Waals surface area contributed by atoms with Crippen LogP contribution in [0.5, 0.6) is 0 Å². The van der Waals surface area contributed by atoms with E-state index in [2.05, 4.69) is 19.1 Å². The molecule has 0 amide bonds. The predicted octanol–water partition coefficient (Wildman–Crippen LogP) is 2.68. The molecule has 0 heterocycles. The minimum absolute atomic E-state index is 0.0747. The lowest BCUT2D eigenvalue weighted by Gasteiger charge is -2.07. The van der Waals surface area contributed by atoms with E-state index in [0.29, 0.717) is 0 Å². The average molecular weight is 163 g/mol. The summed E-state index contributed by atoms with van der Waals surface area (Å²) in [6.07, 6.45) is 3.32. The van der Waals surface area contributed by atoms with Gasteiger partial charge in [0.15, 0.2) is 0 Å². The van der Waals surface area contributed by atoms with Gasteiger partial charge in [0.2, 0.25) is 0 Å². The second-order valence-corrected chi connectivity index (χ2v) is 3.08. The minimum Gasteiger partial charge on any atom is -0.198 e. The Kier molecular flexibility index (Phi) is 6.11. The summed E-state index contributed by atoms with van der Waals surface area (Å²) >= 11 is 0. The molecule has 1 radical (unpaired) electrons. The Balaban J connectivity index is 3.61. The molecule has 0 aromatic rings. The molecule has 0 spiro atoms. The second kappa shape index (κ2) is 6.68. The van der Waals surface area contributed by atoms with Crippen molar-refractivity contribution < 1.29 is 0 Å². The second-order valence-electron chi connectivity index (χ2n) is 3.08. The standard InChI is InChI=1S/C10H15N2/c1-3-4-10(8-12)6-5-9(2)7-11/h9-10H,1,3-6H2,2H3. The summed E-state index contributed by atoms with van der Waals surface area (Å²) in [6.45, 7) is 5.59. The van der Waals surface area contributed by atoms with Crippen LogP contribution in [0.25, 0.3) is 0 Å². The summed E-state index contributed by atoms with van der Waals surface area (Å²) in [5.74, 6) is 0.170. The third-order valence-electron chi connectivity index (χ3n) is 1.90. The molecule has 0 bridgehead atoms. The van der Waals surface area contributed by atoms with Gasteiger partial charge in [-0.1, -0.05) is 13.3 Å². The Morgan fingerprint density at radius 3 is 2.25 bits per heavy atom. The molecule has 2 atom stereocenters. The van der Waals surface area contributed by atoms with Gasteiger partial charge in [-0.05, 0) is 26.2 Å². The first-order valence-electron chi connectivity index (χ1n) is 4.33. The van der Waals surface area contributed by atoms with Crippen LogP contribution in [0, 0.1) is 41.4 Å². The fourth-order valence-electron chi connectivity index (χ4n) is 1.04. The molecule has 0 aliphatic rings. The van der Waals surface area contributed by atoms with Gasteiger partial charge in [0.05, 0.1) is 12.1 Å². The molecular formula is C10H15N2. The molecular weight excluding hydrogens is 148 g/mol. The zero-order chi connectivity index (χ0) is 9.40. The van der Waals surface area contributed by atoms with Crippen LogP contribution in [0.3, 0.4) is 0 Å². The average Bonchev–Trinajstić information content (AvgIpc) is 2.11. The van der Waals surface area contributed by atoms with E-state index in [4.69, 9.17) is 10.5 Å². The lowest BCUT2D eigenvalue weighted by atomic mass is 9.95. The molecule has 65 valence electrons. The lowest BCUT2D eigenvalue weighted by Crippen LogP contribution is -2.00. The SMILES string of the molecule is [CH2]CCC(C#N)CCC(C)C#N. The van der Waals surface area contributed by atoms with Crippen LogP contribution < -0.4 is 0 Å². The highest BCUT2D eigenvalue weighted by Crippen LogP contribution is 2.15. The van der Waals surface area contributed by atoms with E-state index in [0.717, 1.165) is 25.7 Å². The first kappa shape index (κ1) is 11.0. The van der Waals surface area contributed by atoms with E-state index in [9.17, 15) is 0 Å². The van der Waals surface area contributed by atoms with Crippen LogP contribution in [-0.4, -0.2) is 0 Å². The van der Waals surface area contributed by atoms with Gasteiger partial charge in [-0.2, -0.15) is 10.5 Å². The van der Waals surface area contributed by atoms with Crippen molar-refractivity contribution in [2.75, 3.05) is 0 Å². The van der Waals surface area contributed by atoms with Crippen molar-refractivity contribution in [2.45, 2.75) is 32.6 Å². The molecule has 2 heteroatoms. The van der Waals surface area contributed by atoms with E-state index >= 15 is 0 Å². The molecule has 0 aromatic carbocycles. The van der Waals surface area contributed by atoms with E-state index in [1.54, 1.807) is 0 Å². The van der Waals surface area contributed by atoms with Crippen LogP contribution in [0.15, 0.2) is 0 Å². The number of nitrogens with zero attached hydrogens (tertiary/aromatic N) is 2. The van der Waals surface area contributed by atoms with Crippen molar-refractivity contribution in [3.05, 3.63) is 6.92 Å². The molecule has 0 aliphatic carbocycles. The van der Waals surface area contributed by atoms with E-state index < -0.39 is 0 Å². The topological polar surface area (TPSA) is 47.6 Å². The van der Waals surface area contributed by atoms with Crippen LogP contribution in [-0.2, 0) is 0 Å². The monoisotopic (exact) mass is 163 g/mol. The quantitative estimate of drug-likeness (QED) is 0.625. The van der Waals surface area contributed by atoms with Crippen LogP contribution in [0.2, 0.25) is 0 Å². The molecule has 0 saturated carbocycles. The van der Waals surface area contributed by atoms with Crippen molar-refractivity contribution in [2.24, 2.45) is 11.8 Å². The molecule has 0 aromatic heterocycles. The summed E-state index contributed by atoms with van der Waals surface area (Å²) in [4.78, 5) is 0. The van der Waals surface area contributed by atoms with Gasteiger partial charge in [0, 0.05) is 11.8 Å². The fourth-order valence-corrected chi connectivity index (χ4v) is 1.04.